The zero-order valence-electron chi connectivity index (χ0n) is 11.5. The monoisotopic (exact) mass is 288 g/mol. The topological polar surface area (TPSA) is 85.2 Å². The number of hydrogen-bond donors (Lipinski definition) is 1. The summed E-state index contributed by atoms with van der Waals surface area (Å²) in [5, 5.41) is 3.99. The maximum atomic E-state index is 12.0. The summed E-state index contributed by atoms with van der Waals surface area (Å²) in [6.45, 7) is 6.41. The van der Waals surface area contributed by atoms with Crippen molar-refractivity contribution < 1.29 is 9.32 Å². The average Bonchev–Trinajstić information content (AvgIpc) is 2.96. The van der Waals surface area contributed by atoms with Gasteiger partial charge in [0.2, 0.25) is 11.8 Å². The summed E-state index contributed by atoms with van der Waals surface area (Å²) < 4.78 is 5.20. The Labute approximate surface area is 119 Å². The lowest BCUT2D eigenvalue weighted by atomic mass is 10.2. The summed E-state index contributed by atoms with van der Waals surface area (Å²) in [5.74, 6) is 1.37. The predicted molar refractivity (Wildman–Crippen MR) is 73.0 cm³/mol. The van der Waals surface area contributed by atoms with Crippen LogP contribution in [0.5, 0.6) is 0 Å². The highest BCUT2D eigenvalue weighted by Crippen LogP contribution is 2.31. The van der Waals surface area contributed by atoms with E-state index in [0.717, 1.165) is 19.4 Å². The number of amides is 1. The van der Waals surface area contributed by atoms with Crippen LogP contribution in [-0.4, -0.2) is 33.5 Å². The number of aromatic nitrogens is 2. The molecule has 1 aliphatic heterocycles. The van der Waals surface area contributed by atoms with Crippen LogP contribution >= 0.6 is 12.4 Å². The fourth-order valence-corrected chi connectivity index (χ4v) is 2.18. The molecule has 0 aliphatic carbocycles. The molecule has 1 unspecified atom stereocenters. The number of halogens is 1. The minimum Gasteiger partial charge on any atom is -0.339 e. The van der Waals surface area contributed by atoms with E-state index in [2.05, 4.69) is 10.1 Å². The van der Waals surface area contributed by atoms with Gasteiger partial charge in [-0.25, -0.2) is 0 Å². The molecule has 0 aromatic carbocycles. The molecule has 0 saturated carbocycles. The Morgan fingerprint density at radius 2 is 2.16 bits per heavy atom. The van der Waals surface area contributed by atoms with E-state index in [-0.39, 0.29) is 30.3 Å². The van der Waals surface area contributed by atoms with E-state index in [9.17, 15) is 4.79 Å². The molecule has 0 bridgehead atoms. The van der Waals surface area contributed by atoms with Crippen LogP contribution in [0.1, 0.15) is 57.3 Å². The van der Waals surface area contributed by atoms with Crippen molar-refractivity contribution in [2.75, 3.05) is 6.54 Å². The highest BCUT2D eigenvalue weighted by molar-refractivity contribution is 5.85. The summed E-state index contributed by atoms with van der Waals surface area (Å²) in [7, 11) is 0. The lowest BCUT2D eigenvalue weighted by molar-refractivity contribution is -0.133. The van der Waals surface area contributed by atoms with E-state index in [1.165, 1.54) is 0 Å². The van der Waals surface area contributed by atoms with Gasteiger partial charge in [0.1, 0.15) is 0 Å². The second-order valence-corrected chi connectivity index (χ2v) is 5.12. The van der Waals surface area contributed by atoms with Gasteiger partial charge in [-0.1, -0.05) is 19.0 Å². The molecular weight excluding hydrogens is 268 g/mol. The van der Waals surface area contributed by atoms with Crippen molar-refractivity contribution in [3.05, 3.63) is 11.7 Å². The van der Waals surface area contributed by atoms with Crippen LogP contribution in [0.3, 0.4) is 0 Å². The molecule has 2 N–H and O–H groups in total. The van der Waals surface area contributed by atoms with Gasteiger partial charge in [-0.15, -0.1) is 12.4 Å². The highest BCUT2D eigenvalue weighted by atomic mass is 35.5. The van der Waals surface area contributed by atoms with Crippen molar-refractivity contribution in [1.29, 1.82) is 0 Å². The van der Waals surface area contributed by atoms with E-state index in [1.54, 1.807) is 11.8 Å². The Balaban J connectivity index is 0.00000180. The van der Waals surface area contributed by atoms with E-state index < -0.39 is 6.04 Å². The van der Waals surface area contributed by atoms with Crippen LogP contribution in [0.2, 0.25) is 0 Å². The third-order valence-corrected chi connectivity index (χ3v) is 3.17. The number of carbonyl (C=O) groups is 1. The third-order valence-electron chi connectivity index (χ3n) is 3.17. The second kappa shape index (κ2) is 6.34. The van der Waals surface area contributed by atoms with Gasteiger partial charge in [0.15, 0.2) is 5.82 Å². The lowest BCUT2D eigenvalue weighted by Crippen LogP contribution is -2.41. The van der Waals surface area contributed by atoms with Crippen LogP contribution in [-0.2, 0) is 4.79 Å². The third kappa shape index (κ3) is 3.25. The Bertz CT molecular complexity index is 433. The van der Waals surface area contributed by atoms with Crippen LogP contribution in [0.15, 0.2) is 4.52 Å². The quantitative estimate of drug-likeness (QED) is 0.913. The van der Waals surface area contributed by atoms with Gasteiger partial charge in [0.25, 0.3) is 0 Å². The summed E-state index contributed by atoms with van der Waals surface area (Å²) in [5.41, 5.74) is 5.65. The Morgan fingerprint density at radius 3 is 2.68 bits per heavy atom. The van der Waals surface area contributed by atoms with Crippen molar-refractivity contribution in [2.24, 2.45) is 5.73 Å². The van der Waals surface area contributed by atoms with Gasteiger partial charge in [-0.2, -0.15) is 4.98 Å². The smallest absolute Gasteiger partial charge is 0.239 e. The van der Waals surface area contributed by atoms with Crippen molar-refractivity contribution in [3.8, 4) is 0 Å². The van der Waals surface area contributed by atoms with Gasteiger partial charge in [0, 0.05) is 12.5 Å². The highest BCUT2D eigenvalue weighted by Gasteiger charge is 2.34. The number of nitrogens with zero attached hydrogens (tertiary/aromatic N) is 3. The SMILES string of the molecule is CC(C)c1nc(C2CCCN2C(=O)[C@@H](C)N)no1.Cl. The standard InChI is InChI=1S/C12H20N4O2.ClH/c1-7(2)11-14-10(15-18-11)9-5-4-6-16(9)12(17)8(3)13;/h7-9H,4-6,13H2,1-3H3;1H/t8-,9?;/m1./s1. The molecule has 1 aliphatic rings. The molecule has 0 spiro atoms. The molecule has 1 saturated heterocycles. The minimum absolute atomic E-state index is 0. The number of nitrogens with two attached hydrogens (primary N) is 1. The first-order valence-corrected chi connectivity index (χ1v) is 6.40. The molecule has 2 heterocycles. The minimum atomic E-state index is -0.484. The largest absolute Gasteiger partial charge is 0.339 e. The molecule has 108 valence electrons. The van der Waals surface area contributed by atoms with Crippen LogP contribution < -0.4 is 5.73 Å². The molecule has 2 rings (SSSR count). The van der Waals surface area contributed by atoms with Crippen LogP contribution in [0.25, 0.3) is 0 Å². The van der Waals surface area contributed by atoms with Gasteiger partial charge < -0.3 is 15.2 Å². The summed E-state index contributed by atoms with van der Waals surface area (Å²) in [6, 6.07) is -0.568. The zero-order valence-corrected chi connectivity index (χ0v) is 12.3. The maximum absolute atomic E-state index is 12.0. The molecule has 6 nitrogen and oxygen atoms in total. The summed E-state index contributed by atoms with van der Waals surface area (Å²) >= 11 is 0. The lowest BCUT2D eigenvalue weighted by Gasteiger charge is -2.23. The summed E-state index contributed by atoms with van der Waals surface area (Å²) in [4.78, 5) is 18.1. The Morgan fingerprint density at radius 1 is 1.47 bits per heavy atom. The number of hydrogen-bond acceptors (Lipinski definition) is 5. The fourth-order valence-electron chi connectivity index (χ4n) is 2.18. The molecule has 1 amide bonds. The maximum Gasteiger partial charge on any atom is 0.239 e. The van der Waals surface area contributed by atoms with Crippen molar-refractivity contribution in [2.45, 2.75) is 51.6 Å². The molecule has 0 radical (unpaired) electrons. The Kier molecular flexibility index (Phi) is 5.31. The van der Waals surface area contributed by atoms with E-state index in [1.807, 2.05) is 13.8 Å². The normalized spacial score (nSPS) is 20.5. The first-order chi connectivity index (χ1) is 8.50. The number of rotatable bonds is 3. The van der Waals surface area contributed by atoms with Crippen LogP contribution in [0, 0.1) is 0 Å². The van der Waals surface area contributed by atoms with Gasteiger partial charge in [-0.3, -0.25) is 4.79 Å². The fraction of sp³-hybridized carbons (Fsp3) is 0.750. The molecule has 1 aromatic rings. The van der Waals surface area contributed by atoms with Crippen molar-refractivity contribution in [3.63, 3.8) is 0 Å². The van der Waals surface area contributed by atoms with Gasteiger partial charge >= 0.3 is 0 Å². The average molecular weight is 289 g/mol. The first kappa shape index (κ1) is 15.9. The van der Waals surface area contributed by atoms with Crippen molar-refractivity contribution in [1.82, 2.24) is 15.0 Å². The molecule has 7 heteroatoms. The molecular formula is C12H21ClN4O2. The Hall–Kier alpha value is -1.14. The van der Waals surface area contributed by atoms with Gasteiger partial charge in [-0.05, 0) is 19.8 Å². The molecule has 1 fully saturated rings. The predicted octanol–water partition coefficient (Wildman–Crippen LogP) is 1.63. The van der Waals surface area contributed by atoms with E-state index >= 15 is 0 Å². The summed E-state index contributed by atoms with van der Waals surface area (Å²) in [6.07, 6.45) is 1.82. The first-order valence-electron chi connectivity index (χ1n) is 6.40. The molecule has 19 heavy (non-hydrogen) atoms. The van der Waals surface area contributed by atoms with E-state index in [4.69, 9.17) is 10.3 Å². The number of carbonyl (C=O) groups excluding carboxylic acids is 1. The second-order valence-electron chi connectivity index (χ2n) is 5.12. The zero-order chi connectivity index (χ0) is 13.3. The van der Waals surface area contributed by atoms with Crippen molar-refractivity contribution >= 4 is 18.3 Å². The molecule has 1 aromatic heterocycles. The van der Waals surface area contributed by atoms with Crippen LogP contribution in [0.4, 0.5) is 0 Å². The number of likely N-dealkylation sites (tertiary alicyclic amines) is 1. The van der Waals surface area contributed by atoms with E-state index in [0.29, 0.717) is 11.7 Å². The van der Waals surface area contributed by atoms with Gasteiger partial charge in [0.05, 0.1) is 12.1 Å². The molecule has 2 atom stereocenters.